The number of halogens is 1. The van der Waals surface area contributed by atoms with Crippen LogP contribution in [0.1, 0.15) is 29.5 Å². The molecule has 1 unspecified atom stereocenters. The fourth-order valence-electron chi connectivity index (χ4n) is 4.43. The molecule has 1 aliphatic rings. The van der Waals surface area contributed by atoms with Crippen molar-refractivity contribution in [3.8, 4) is 40.5 Å². The van der Waals surface area contributed by atoms with E-state index in [4.69, 9.17) is 24.7 Å². The molecule has 3 aromatic carbocycles. The normalized spacial score (nSPS) is 14.3. The predicted octanol–water partition coefficient (Wildman–Crippen LogP) is 5.42. The van der Waals surface area contributed by atoms with E-state index < -0.39 is 5.92 Å². The van der Waals surface area contributed by atoms with Crippen molar-refractivity contribution in [3.63, 3.8) is 0 Å². The Hall–Kier alpha value is -4.97. The first-order valence-electron chi connectivity index (χ1n) is 12.0. The summed E-state index contributed by atoms with van der Waals surface area (Å²) in [5.74, 6) is 1.07. The lowest BCUT2D eigenvalue weighted by atomic mass is 9.83. The number of ether oxygens (including phenoxy) is 4. The van der Waals surface area contributed by atoms with E-state index in [9.17, 15) is 9.65 Å². The van der Waals surface area contributed by atoms with Gasteiger partial charge in [0.15, 0.2) is 11.5 Å². The van der Waals surface area contributed by atoms with Gasteiger partial charge in [0.05, 0.1) is 30.9 Å². The van der Waals surface area contributed by atoms with Crippen LogP contribution in [0.3, 0.4) is 0 Å². The highest BCUT2D eigenvalue weighted by Gasteiger charge is 2.36. The number of nitrogens with zero attached hydrogens (tertiary/aromatic N) is 2. The number of hydrogen-bond donors (Lipinski definition) is 2. The number of benzene rings is 3. The maximum atomic E-state index is 13.2. The summed E-state index contributed by atoms with van der Waals surface area (Å²) in [5, 5.41) is 17.4. The molecule has 3 N–H and O–H groups in total. The average Bonchev–Trinajstić information content (AvgIpc) is 3.35. The summed E-state index contributed by atoms with van der Waals surface area (Å²) in [7, 11) is 1.54. The summed E-state index contributed by atoms with van der Waals surface area (Å²) in [4.78, 5) is 0. The van der Waals surface area contributed by atoms with Crippen LogP contribution >= 0.6 is 0 Å². The van der Waals surface area contributed by atoms with Crippen molar-refractivity contribution >= 4 is 0 Å². The predicted molar refractivity (Wildman–Crippen MR) is 138 cm³/mol. The number of rotatable bonds is 8. The Balaban J connectivity index is 1.54. The minimum Gasteiger partial charge on any atom is -0.494 e. The van der Waals surface area contributed by atoms with Gasteiger partial charge >= 0.3 is 0 Å². The summed E-state index contributed by atoms with van der Waals surface area (Å²) in [6.07, 6.45) is 0. The number of aromatic amines is 1. The van der Waals surface area contributed by atoms with Gasteiger partial charge < -0.3 is 24.7 Å². The van der Waals surface area contributed by atoms with Crippen molar-refractivity contribution in [1.82, 2.24) is 10.2 Å². The monoisotopic (exact) mass is 512 g/mol. The number of fused-ring (bicyclic) bond motifs is 1. The highest BCUT2D eigenvalue weighted by molar-refractivity contribution is 5.72. The number of nitrogens with one attached hydrogen (secondary N) is 1. The Morgan fingerprint density at radius 1 is 1.08 bits per heavy atom. The number of H-pyrrole nitrogens is 1. The average molecular weight is 513 g/mol. The van der Waals surface area contributed by atoms with Gasteiger partial charge in [0, 0.05) is 5.56 Å². The van der Waals surface area contributed by atoms with Gasteiger partial charge in [0.1, 0.15) is 29.8 Å². The van der Waals surface area contributed by atoms with E-state index >= 15 is 0 Å². The van der Waals surface area contributed by atoms with Gasteiger partial charge in [0.25, 0.3) is 0 Å². The van der Waals surface area contributed by atoms with Crippen LogP contribution in [0.2, 0.25) is 0 Å². The molecule has 9 heteroatoms. The molecule has 1 atom stereocenters. The highest BCUT2D eigenvalue weighted by Crippen LogP contribution is 2.47. The van der Waals surface area contributed by atoms with Gasteiger partial charge in [-0.3, -0.25) is 5.10 Å². The maximum Gasteiger partial charge on any atom is 0.244 e. The van der Waals surface area contributed by atoms with Crippen LogP contribution in [0.4, 0.5) is 4.39 Å². The fourth-order valence-corrected chi connectivity index (χ4v) is 4.43. The number of hydrogen-bond acceptors (Lipinski definition) is 7. The molecule has 38 heavy (non-hydrogen) atoms. The standard InChI is InChI=1S/C29H25FN4O4/c1-3-36-21-6-4-5-19(13-21)27-26-25(22(15-31)28(32)38-29(26)34-33-27)18-9-12-23(24(14-18)35-2)37-16-17-7-10-20(30)11-8-17/h4-14,25H,3,16,32H2,1-2H3,(H,33,34). The molecule has 0 radical (unpaired) electrons. The van der Waals surface area contributed by atoms with Gasteiger partial charge in [0.2, 0.25) is 11.8 Å². The summed E-state index contributed by atoms with van der Waals surface area (Å²) in [6.45, 7) is 2.68. The van der Waals surface area contributed by atoms with Crippen LogP contribution in [0.5, 0.6) is 23.1 Å². The maximum absolute atomic E-state index is 13.2. The molecule has 0 fully saturated rings. The zero-order valence-corrected chi connectivity index (χ0v) is 20.8. The molecule has 0 bridgehead atoms. The molecule has 0 amide bonds. The quantitative estimate of drug-likeness (QED) is 0.324. The number of allylic oxidation sites excluding steroid dienone is 1. The van der Waals surface area contributed by atoms with Crippen LogP contribution in [0.15, 0.2) is 78.2 Å². The smallest absolute Gasteiger partial charge is 0.244 e. The van der Waals surface area contributed by atoms with Crippen LogP contribution in [-0.4, -0.2) is 23.9 Å². The van der Waals surface area contributed by atoms with E-state index in [1.54, 1.807) is 24.3 Å². The third-order valence-electron chi connectivity index (χ3n) is 6.20. The van der Waals surface area contributed by atoms with Crippen LogP contribution in [0.25, 0.3) is 11.3 Å². The number of nitrogens with two attached hydrogens (primary N) is 1. The van der Waals surface area contributed by atoms with Gasteiger partial charge in [-0.1, -0.05) is 30.3 Å². The minimum absolute atomic E-state index is 0.0123. The van der Waals surface area contributed by atoms with Gasteiger partial charge in [-0.2, -0.15) is 5.26 Å². The molecule has 2 heterocycles. The zero-order valence-electron chi connectivity index (χ0n) is 20.8. The summed E-state index contributed by atoms with van der Waals surface area (Å²) in [6, 6.07) is 21.3. The van der Waals surface area contributed by atoms with E-state index in [0.29, 0.717) is 41.0 Å². The molecule has 192 valence electrons. The molecule has 4 aromatic rings. The van der Waals surface area contributed by atoms with Crippen LogP contribution in [-0.2, 0) is 6.61 Å². The molecule has 0 aliphatic carbocycles. The number of aromatic nitrogens is 2. The Morgan fingerprint density at radius 3 is 2.63 bits per heavy atom. The molecule has 0 saturated heterocycles. The van der Waals surface area contributed by atoms with Crippen molar-refractivity contribution < 1.29 is 23.3 Å². The van der Waals surface area contributed by atoms with Crippen molar-refractivity contribution in [3.05, 3.63) is 101 Å². The molecule has 1 aliphatic heterocycles. The van der Waals surface area contributed by atoms with Gasteiger partial charge in [-0.25, -0.2) is 4.39 Å². The van der Waals surface area contributed by atoms with E-state index in [1.807, 2.05) is 37.3 Å². The fraction of sp³-hybridized carbons (Fsp3) is 0.172. The summed E-state index contributed by atoms with van der Waals surface area (Å²) >= 11 is 0. The van der Waals surface area contributed by atoms with E-state index in [1.165, 1.54) is 19.2 Å². The van der Waals surface area contributed by atoms with E-state index in [2.05, 4.69) is 16.3 Å². The van der Waals surface area contributed by atoms with Crippen molar-refractivity contribution in [2.75, 3.05) is 13.7 Å². The second kappa shape index (κ2) is 10.6. The molecular formula is C29H25FN4O4. The first-order valence-corrected chi connectivity index (χ1v) is 12.0. The molecule has 8 nitrogen and oxygen atoms in total. The lowest BCUT2D eigenvalue weighted by Crippen LogP contribution is -2.21. The second-order valence-electron chi connectivity index (χ2n) is 8.53. The molecule has 0 saturated carbocycles. The van der Waals surface area contributed by atoms with E-state index in [-0.39, 0.29) is 23.9 Å². The summed E-state index contributed by atoms with van der Waals surface area (Å²) in [5.41, 5.74) is 10.1. The lowest BCUT2D eigenvalue weighted by Gasteiger charge is -2.25. The third-order valence-corrected chi connectivity index (χ3v) is 6.20. The Morgan fingerprint density at radius 2 is 1.89 bits per heavy atom. The molecule has 5 rings (SSSR count). The molecule has 0 spiro atoms. The topological polar surface area (TPSA) is 115 Å². The van der Waals surface area contributed by atoms with Crippen molar-refractivity contribution in [1.29, 1.82) is 5.26 Å². The Labute approximate surface area is 219 Å². The Bertz CT molecular complexity index is 1540. The highest BCUT2D eigenvalue weighted by atomic mass is 19.1. The lowest BCUT2D eigenvalue weighted by molar-refractivity contribution is 0.284. The van der Waals surface area contributed by atoms with Crippen molar-refractivity contribution in [2.45, 2.75) is 19.4 Å². The second-order valence-corrected chi connectivity index (χ2v) is 8.53. The zero-order chi connectivity index (χ0) is 26.6. The summed E-state index contributed by atoms with van der Waals surface area (Å²) < 4.78 is 36.2. The SMILES string of the molecule is CCOc1cccc(-c2[nH]nc3c2C(c2ccc(OCc4ccc(F)cc4)c(OC)c2)C(C#N)=C(N)O3)c1. The largest absolute Gasteiger partial charge is 0.494 e. The number of nitriles is 1. The minimum atomic E-state index is -0.576. The van der Waals surface area contributed by atoms with Crippen LogP contribution in [0, 0.1) is 17.1 Å². The molecular weight excluding hydrogens is 487 g/mol. The Kier molecular flexibility index (Phi) is 6.87. The van der Waals surface area contributed by atoms with Crippen LogP contribution < -0.4 is 24.7 Å². The first-order chi connectivity index (χ1) is 18.5. The first kappa shape index (κ1) is 24.7. The molecule has 1 aromatic heterocycles. The van der Waals surface area contributed by atoms with Crippen molar-refractivity contribution in [2.24, 2.45) is 5.73 Å². The van der Waals surface area contributed by atoms with Gasteiger partial charge in [-0.05, 0) is 54.4 Å². The third kappa shape index (κ3) is 4.72. The van der Waals surface area contributed by atoms with E-state index in [0.717, 1.165) is 16.7 Å². The van der Waals surface area contributed by atoms with Gasteiger partial charge in [-0.15, -0.1) is 5.10 Å². The number of methoxy groups -OCH3 is 1.